The second-order valence-electron chi connectivity index (χ2n) is 6.63. The lowest BCUT2D eigenvalue weighted by Crippen LogP contribution is -2.38. The van der Waals surface area contributed by atoms with Crippen molar-refractivity contribution in [2.75, 3.05) is 6.54 Å². The standard InChI is InChI=1S/C18H28N2O/c1-13(2)14(3)12-20-15(4)19-17(18(20)21)11-10-16-8-6-5-7-9-16/h5-9,13-15,17,19H,10-12H2,1-4H3. The van der Waals surface area contributed by atoms with Crippen LogP contribution in [0.25, 0.3) is 0 Å². The van der Waals surface area contributed by atoms with Gasteiger partial charge in [-0.05, 0) is 37.2 Å². The zero-order chi connectivity index (χ0) is 15.4. The summed E-state index contributed by atoms with van der Waals surface area (Å²) in [4.78, 5) is 14.6. The lowest BCUT2D eigenvalue weighted by Gasteiger charge is -2.26. The number of aryl methyl sites for hydroxylation is 1. The van der Waals surface area contributed by atoms with Crippen LogP contribution in [0.5, 0.6) is 0 Å². The molecule has 3 atom stereocenters. The molecule has 0 radical (unpaired) electrons. The highest BCUT2D eigenvalue weighted by atomic mass is 16.2. The van der Waals surface area contributed by atoms with Crippen molar-refractivity contribution in [3.05, 3.63) is 35.9 Å². The first-order valence-electron chi connectivity index (χ1n) is 8.09. The summed E-state index contributed by atoms with van der Waals surface area (Å²) in [5, 5.41) is 3.44. The minimum absolute atomic E-state index is 0.0282. The number of rotatable bonds is 6. The Balaban J connectivity index is 1.90. The van der Waals surface area contributed by atoms with Crippen LogP contribution in [0.15, 0.2) is 30.3 Å². The molecule has 0 aromatic heterocycles. The number of hydrogen-bond donors (Lipinski definition) is 1. The molecule has 0 aliphatic carbocycles. The number of benzene rings is 1. The topological polar surface area (TPSA) is 32.3 Å². The van der Waals surface area contributed by atoms with E-state index in [-0.39, 0.29) is 18.1 Å². The molecule has 3 unspecified atom stereocenters. The van der Waals surface area contributed by atoms with E-state index in [2.05, 4.69) is 57.3 Å². The number of carbonyl (C=O) groups excluding carboxylic acids is 1. The minimum Gasteiger partial charge on any atom is -0.326 e. The van der Waals surface area contributed by atoms with Crippen molar-refractivity contribution in [3.63, 3.8) is 0 Å². The van der Waals surface area contributed by atoms with Crippen molar-refractivity contribution in [3.8, 4) is 0 Å². The molecule has 21 heavy (non-hydrogen) atoms. The maximum atomic E-state index is 12.6. The Morgan fingerprint density at radius 3 is 2.48 bits per heavy atom. The van der Waals surface area contributed by atoms with Crippen LogP contribution in [0.3, 0.4) is 0 Å². The van der Waals surface area contributed by atoms with Crippen LogP contribution in [-0.4, -0.2) is 29.6 Å². The second kappa shape index (κ2) is 7.08. The third-order valence-electron chi connectivity index (χ3n) is 4.68. The third kappa shape index (κ3) is 4.07. The first-order valence-corrected chi connectivity index (χ1v) is 8.09. The van der Waals surface area contributed by atoms with Gasteiger partial charge >= 0.3 is 0 Å². The summed E-state index contributed by atoms with van der Waals surface area (Å²) in [6.07, 6.45) is 1.98. The van der Waals surface area contributed by atoms with Gasteiger partial charge in [0.2, 0.25) is 5.91 Å². The molecular formula is C18H28N2O. The number of hydrogen-bond acceptors (Lipinski definition) is 2. The highest BCUT2D eigenvalue weighted by Gasteiger charge is 2.36. The summed E-state index contributed by atoms with van der Waals surface area (Å²) in [6, 6.07) is 10.4. The van der Waals surface area contributed by atoms with Crippen molar-refractivity contribution < 1.29 is 4.79 Å². The average Bonchev–Trinajstić information content (AvgIpc) is 2.73. The van der Waals surface area contributed by atoms with Crippen molar-refractivity contribution in [2.24, 2.45) is 11.8 Å². The van der Waals surface area contributed by atoms with E-state index in [1.165, 1.54) is 5.56 Å². The van der Waals surface area contributed by atoms with Gasteiger partial charge in [-0.15, -0.1) is 0 Å². The van der Waals surface area contributed by atoms with Gasteiger partial charge in [0.05, 0.1) is 12.2 Å². The Morgan fingerprint density at radius 2 is 1.86 bits per heavy atom. The minimum atomic E-state index is -0.0282. The van der Waals surface area contributed by atoms with E-state index in [4.69, 9.17) is 0 Å². The number of carbonyl (C=O) groups is 1. The summed E-state index contributed by atoms with van der Waals surface area (Å²) < 4.78 is 0. The fourth-order valence-electron chi connectivity index (χ4n) is 2.78. The van der Waals surface area contributed by atoms with Gasteiger partial charge in [0, 0.05) is 6.54 Å². The summed E-state index contributed by atoms with van der Waals surface area (Å²) in [6.45, 7) is 9.61. The smallest absolute Gasteiger partial charge is 0.241 e. The van der Waals surface area contributed by atoms with Gasteiger partial charge < -0.3 is 4.90 Å². The van der Waals surface area contributed by atoms with Gasteiger partial charge in [0.15, 0.2) is 0 Å². The van der Waals surface area contributed by atoms with E-state index in [0.29, 0.717) is 11.8 Å². The number of nitrogens with zero attached hydrogens (tertiary/aromatic N) is 1. The summed E-state index contributed by atoms with van der Waals surface area (Å²) >= 11 is 0. The highest BCUT2D eigenvalue weighted by Crippen LogP contribution is 2.19. The van der Waals surface area contributed by atoms with Crippen molar-refractivity contribution in [2.45, 2.75) is 52.7 Å². The Morgan fingerprint density at radius 1 is 1.19 bits per heavy atom. The first kappa shape index (κ1) is 16.0. The molecule has 0 spiro atoms. The molecular weight excluding hydrogens is 260 g/mol. The first-order chi connectivity index (χ1) is 9.99. The Kier molecular flexibility index (Phi) is 5.40. The fourth-order valence-corrected chi connectivity index (χ4v) is 2.78. The lowest BCUT2D eigenvalue weighted by molar-refractivity contribution is -0.130. The van der Waals surface area contributed by atoms with Crippen molar-refractivity contribution in [1.29, 1.82) is 0 Å². The fraction of sp³-hybridized carbons (Fsp3) is 0.611. The number of amides is 1. The maximum absolute atomic E-state index is 12.6. The van der Waals surface area contributed by atoms with Crippen molar-refractivity contribution in [1.82, 2.24) is 10.2 Å². The molecule has 116 valence electrons. The SMILES string of the molecule is CC(C)C(C)CN1C(=O)C(CCc2ccccc2)NC1C. The third-order valence-corrected chi connectivity index (χ3v) is 4.68. The molecule has 1 aromatic carbocycles. The normalized spacial score (nSPS) is 23.9. The molecule has 3 heteroatoms. The van der Waals surface area contributed by atoms with E-state index < -0.39 is 0 Å². The van der Waals surface area contributed by atoms with Crippen LogP contribution in [0, 0.1) is 11.8 Å². The quantitative estimate of drug-likeness (QED) is 0.872. The Bertz CT molecular complexity index is 458. The Hall–Kier alpha value is -1.35. The van der Waals surface area contributed by atoms with Crippen LogP contribution in [0.4, 0.5) is 0 Å². The maximum Gasteiger partial charge on any atom is 0.241 e. The Labute approximate surface area is 128 Å². The van der Waals surface area contributed by atoms with Gasteiger partial charge in [-0.3, -0.25) is 10.1 Å². The molecule has 1 aromatic rings. The predicted octanol–water partition coefficient (Wildman–Crippen LogP) is 3.06. The lowest BCUT2D eigenvalue weighted by atomic mass is 9.97. The molecule has 1 fully saturated rings. The van der Waals surface area contributed by atoms with Crippen LogP contribution >= 0.6 is 0 Å². The molecule has 1 heterocycles. The molecule has 0 saturated carbocycles. The van der Waals surface area contributed by atoms with Crippen LogP contribution in [0.1, 0.15) is 39.7 Å². The van der Waals surface area contributed by atoms with E-state index in [0.717, 1.165) is 19.4 Å². The van der Waals surface area contributed by atoms with Crippen LogP contribution in [-0.2, 0) is 11.2 Å². The van der Waals surface area contributed by atoms with Gasteiger partial charge in [0.25, 0.3) is 0 Å². The van der Waals surface area contributed by atoms with Gasteiger partial charge in [-0.2, -0.15) is 0 Å². The summed E-state index contributed by atoms with van der Waals surface area (Å²) in [7, 11) is 0. The molecule has 3 nitrogen and oxygen atoms in total. The second-order valence-corrected chi connectivity index (χ2v) is 6.63. The van der Waals surface area contributed by atoms with Crippen molar-refractivity contribution >= 4 is 5.91 Å². The van der Waals surface area contributed by atoms with E-state index in [9.17, 15) is 4.79 Å². The van der Waals surface area contributed by atoms with Gasteiger partial charge in [-0.25, -0.2) is 0 Å². The predicted molar refractivity (Wildman–Crippen MR) is 86.9 cm³/mol. The monoisotopic (exact) mass is 288 g/mol. The van der Waals surface area contributed by atoms with E-state index in [1.54, 1.807) is 0 Å². The molecule has 2 rings (SSSR count). The van der Waals surface area contributed by atoms with Gasteiger partial charge in [0.1, 0.15) is 0 Å². The average molecular weight is 288 g/mol. The molecule has 0 bridgehead atoms. The summed E-state index contributed by atoms with van der Waals surface area (Å²) in [5.41, 5.74) is 1.30. The highest BCUT2D eigenvalue weighted by molar-refractivity contribution is 5.84. The van der Waals surface area contributed by atoms with E-state index >= 15 is 0 Å². The van der Waals surface area contributed by atoms with Crippen LogP contribution < -0.4 is 5.32 Å². The van der Waals surface area contributed by atoms with Crippen LogP contribution in [0.2, 0.25) is 0 Å². The molecule has 1 saturated heterocycles. The molecule has 1 aliphatic rings. The van der Waals surface area contributed by atoms with Gasteiger partial charge in [-0.1, -0.05) is 51.1 Å². The summed E-state index contributed by atoms with van der Waals surface area (Å²) in [5.74, 6) is 1.41. The number of nitrogens with one attached hydrogen (secondary N) is 1. The molecule has 1 N–H and O–H groups in total. The van der Waals surface area contributed by atoms with E-state index in [1.807, 2.05) is 11.0 Å². The zero-order valence-corrected chi connectivity index (χ0v) is 13.7. The molecule has 1 aliphatic heterocycles. The molecule has 1 amide bonds. The zero-order valence-electron chi connectivity index (χ0n) is 13.7. The largest absolute Gasteiger partial charge is 0.326 e.